The first kappa shape index (κ1) is 16.6. The summed E-state index contributed by atoms with van der Waals surface area (Å²) in [4.78, 5) is 12.7. The molecule has 2 N–H and O–H groups in total. The third-order valence-corrected chi connectivity index (χ3v) is 4.49. The normalized spacial score (nSPS) is 17.0. The SMILES string of the molecule is CNC(C(=O)N[C@H](C)c1nnc2n1CCCCC2)c1cnn(C)c1. The van der Waals surface area contributed by atoms with Crippen LogP contribution in [0.5, 0.6) is 0 Å². The highest BCUT2D eigenvalue weighted by Crippen LogP contribution is 2.20. The molecule has 1 aliphatic rings. The molecule has 0 aromatic carbocycles. The van der Waals surface area contributed by atoms with Gasteiger partial charge >= 0.3 is 0 Å². The number of nitrogens with one attached hydrogen (secondary N) is 2. The van der Waals surface area contributed by atoms with E-state index in [2.05, 4.69) is 30.5 Å². The highest BCUT2D eigenvalue weighted by molar-refractivity contribution is 5.83. The molecule has 2 atom stereocenters. The van der Waals surface area contributed by atoms with Gasteiger partial charge in [-0.3, -0.25) is 9.48 Å². The van der Waals surface area contributed by atoms with E-state index in [-0.39, 0.29) is 11.9 Å². The van der Waals surface area contributed by atoms with E-state index in [9.17, 15) is 4.79 Å². The van der Waals surface area contributed by atoms with Crippen molar-refractivity contribution in [3.05, 3.63) is 29.6 Å². The van der Waals surface area contributed by atoms with Gasteiger partial charge in [-0.25, -0.2) is 0 Å². The summed E-state index contributed by atoms with van der Waals surface area (Å²) in [6.45, 7) is 2.88. The Kier molecular flexibility index (Phi) is 4.94. The second-order valence-corrected chi connectivity index (χ2v) is 6.34. The molecule has 0 saturated heterocycles. The number of nitrogens with zero attached hydrogens (tertiary/aromatic N) is 5. The second kappa shape index (κ2) is 7.12. The lowest BCUT2D eigenvalue weighted by Crippen LogP contribution is -2.38. The Morgan fingerprint density at radius 1 is 1.29 bits per heavy atom. The number of hydrogen-bond donors (Lipinski definition) is 2. The molecule has 0 spiro atoms. The maximum atomic E-state index is 12.7. The molecule has 1 unspecified atom stereocenters. The van der Waals surface area contributed by atoms with Crippen molar-refractivity contribution >= 4 is 5.91 Å². The van der Waals surface area contributed by atoms with Gasteiger partial charge in [-0.05, 0) is 26.8 Å². The van der Waals surface area contributed by atoms with Crippen LogP contribution in [0.3, 0.4) is 0 Å². The summed E-state index contributed by atoms with van der Waals surface area (Å²) in [5.41, 5.74) is 0.838. The van der Waals surface area contributed by atoms with Crippen molar-refractivity contribution in [1.82, 2.24) is 35.2 Å². The lowest BCUT2D eigenvalue weighted by Gasteiger charge is -2.19. The van der Waals surface area contributed by atoms with Gasteiger partial charge in [0, 0.05) is 31.8 Å². The largest absolute Gasteiger partial charge is 0.345 e. The van der Waals surface area contributed by atoms with E-state index < -0.39 is 6.04 Å². The van der Waals surface area contributed by atoms with Gasteiger partial charge in [-0.2, -0.15) is 5.10 Å². The molecule has 0 fully saturated rings. The van der Waals surface area contributed by atoms with E-state index >= 15 is 0 Å². The number of carbonyl (C=O) groups excluding carboxylic acids is 1. The lowest BCUT2D eigenvalue weighted by atomic mass is 10.1. The summed E-state index contributed by atoms with van der Waals surface area (Å²) in [7, 11) is 3.60. The molecule has 8 heteroatoms. The van der Waals surface area contributed by atoms with Crippen LogP contribution >= 0.6 is 0 Å². The first-order valence-corrected chi connectivity index (χ1v) is 8.48. The van der Waals surface area contributed by atoms with E-state index in [1.807, 2.05) is 20.2 Å². The summed E-state index contributed by atoms with van der Waals surface area (Å²) in [5.74, 6) is 1.77. The van der Waals surface area contributed by atoms with Crippen LogP contribution in [-0.2, 0) is 24.8 Å². The summed E-state index contributed by atoms with van der Waals surface area (Å²) < 4.78 is 3.85. The summed E-state index contributed by atoms with van der Waals surface area (Å²) in [6, 6.07) is -0.628. The van der Waals surface area contributed by atoms with Crippen LogP contribution in [0, 0.1) is 0 Å². The van der Waals surface area contributed by atoms with Crippen LogP contribution in [0.2, 0.25) is 0 Å². The Morgan fingerprint density at radius 3 is 2.83 bits per heavy atom. The monoisotopic (exact) mass is 331 g/mol. The van der Waals surface area contributed by atoms with Crippen molar-refractivity contribution in [2.45, 2.75) is 51.2 Å². The topological polar surface area (TPSA) is 89.7 Å². The number of amides is 1. The minimum absolute atomic E-state index is 0.0935. The van der Waals surface area contributed by atoms with Gasteiger partial charge in [-0.15, -0.1) is 10.2 Å². The Labute approximate surface area is 141 Å². The van der Waals surface area contributed by atoms with E-state index in [4.69, 9.17) is 0 Å². The zero-order chi connectivity index (χ0) is 17.1. The van der Waals surface area contributed by atoms with Crippen molar-refractivity contribution in [1.29, 1.82) is 0 Å². The lowest BCUT2D eigenvalue weighted by molar-refractivity contribution is -0.123. The van der Waals surface area contributed by atoms with Crippen molar-refractivity contribution in [3.63, 3.8) is 0 Å². The zero-order valence-electron chi connectivity index (χ0n) is 14.5. The number of likely N-dealkylation sites (N-methyl/N-ethyl adjacent to an activating group) is 1. The third-order valence-electron chi connectivity index (χ3n) is 4.49. The highest BCUT2D eigenvalue weighted by Gasteiger charge is 2.25. The van der Waals surface area contributed by atoms with Crippen molar-refractivity contribution < 1.29 is 4.79 Å². The quantitative estimate of drug-likeness (QED) is 0.849. The average Bonchev–Trinajstić information content (AvgIpc) is 3.08. The second-order valence-electron chi connectivity index (χ2n) is 6.34. The molecular weight excluding hydrogens is 306 g/mol. The smallest absolute Gasteiger partial charge is 0.242 e. The van der Waals surface area contributed by atoms with Crippen LogP contribution in [0.4, 0.5) is 0 Å². The van der Waals surface area contributed by atoms with Crippen molar-refractivity contribution in [2.75, 3.05) is 7.05 Å². The molecule has 1 aliphatic heterocycles. The molecule has 0 aliphatic carbocycles. The third kappa shape index (κ3) is 3.33. The molecular formula is C16H25N7O. The van der Waals surface area contributed by atoms with Crippen molar-refractivity contribution in [2.24, 2.45) is 7.05 Å². The molecule has 8 nitrogen and oxygen atoms in total. The number of hydrogen-bond acceptors (Lipinski definition) is 5. The number of aromatic nitrogens is 5. The number of carbonyl (C=O) groups is 1. The highest BCUT2D eigenvalue weighted by atomic mass is 16.2. The fourth-order valence-electron chi connectivity index (χ4n) is 3.23. The summed E-state index contributed by atoms with van der Waals surface area (Å²) in [5, 5.41) is 18.9. The van der Waals surface area contributed by atoms with Crippen molar-refractivity contribution in [3.8, 4) is 0 Å². The molecule has 0 bridgehead atoms. The van der Waals surface area contributed by atoms with Crippen LogP contribution in [0.1, 0.15) is 55.5 Å². The van der Waals surface area contributed by atoms with Gasteiger partial charge in [0.05, 0.1) is 12.2 Å². The van der Waals surface area contributed by atoms with Gasteiger partial charge in [0.1, 0.15) is 11.9 Å². The molecule has 24 heavy (non-hydrogen) atoms. The molecule has 2 aromatic rings. The van der Waals surface area contributed by atoms with Crippen LogP contribution < -0.4 is 10.6 Å². The van der Waals surface area contributed by atoms with Gasteiger partial charge in [0.25, 0.3) is 0 Å². The minimum Gasteiger partial charge on any atom is -0.345 e. The Bertz CT molecular complexity index is 705. The maximum absolute atomic E-state index is 12.7. The van der Waals surface area contributed by atoms with E-state index in [1.54, 1.807) is 17.9 Å². The minimum atomic E-state index is -0.437. The molecule has 2 aromatic heterocycles. The number of fused-ring (bicyclic) bond motifs is 1. The fraction of sp³-hybridized carbons (Fsp3) is 0.625. The van der Waals surface area contributed by atoms with Gasteiger partial charge in [0.2, 0.25) is 5.91 Å². The van der Waals surface area contributed by atoms with Crippen LogP contribution in [-0.4, -0.2) is 37.5 Å². The zero-order valence-corrected chi connectivity index (χ0v) is 14.5. The van der Waals surface area contributed by atoms with E-state index in [0.717, 1.165) is 43.0 Å². The summed E-state index contributed by atoms with van der Waals surface area (Å²) in [6.07, 6.45) is 8.01. The fourth-order valence-corrected chi connectivity index (χ4v) is 3.23. The molecule has 0 radical (unpaired) electrons. The average molecular weight is 331 g/mol. The Hall–Kier alpha value is -2.22. The van der Waals surface area contributed by atoms with E-state index in [1.165, 1.54) is 6.42 Å². The first-order chi connectivity index (χ1) is 11.6. The number of aryl methyl sites for hydroxylation is 2. The maximum Gasteiger partial charge on any atom is 0.242 e. The Morgan fingerprint density at radius 2 is 2.12 bits per heavy atom. The Balaban J connectivity index is 1.73. The molecule has 0 saturated carbocycles. The van der Waals surface area contributed by atoms with Gasteiger partial charge in [0.15, 0.2) is 5.82 Å². The van der Waals surface area contributed by atoms with Gasteiger partial charge < -0.3 is 15.2 Å². The molecule has 130 valence electrons. The predicted molar refractivity (Wildman–Crippen MR) is 89.1 cm³/mol. The predicted octanol–water partition coefficient (Wildman–Crippen LogP) is 0.876. The molecule has 1 amide bonds. The van der Waals surface area contributed by atoms with Crippen LogP contribution in [0.15, 0.2) is 12.4 Å². The van der Waals surface area contributed by atoms with Gasteiger partial charge in [-0.1, -0.05) is 6.42 Å². The number of rotatable bonds is 5. The molecule has 3 rings (SSSR count). The molecule has 3 heterocycles. The summed E-state index contributed by atoms with van der Waals surface area (Å²) >= 11 is 0. The van der Waals surface area contributed by atoms with Crippen LogP contribution in [0.25, 0.3) is 0 Å². The first-order valence-electron chi connectivity index (χ1n) is 8.48. The standard InChI is InChI=1S/C16H25N7O/c1-11(15-21-20-13-7-5-4-6-8-23(13)15)19-16(24)14(17-2)12-9-18-22(3)10-12/h9-11,14,17H,4-8H2,1-3H3,(H,19,24)/t11-,14?/m1/s1. The van der Waals surface area contributed by atoms with E-state index in [0.29, 0.717) is 0 Å².